The van der Waals surface area contributed by atoms with Crippen LogP contribution in [-0.4, -0.2) is 34.1 Å². The number of alkyl halides is 1. The van der Waals surface area contributed by atoms with Crippen LogP contribution in [0.4, 0.5) is 0 Å². The lowest BCUT2D eigenvalue weighted by Crippen LogP contribution is -2.48. The van der Waals surface area contributed by atoms with Gasteiger partial charge in [0.25, 0.3) is 0 Å². The van der Waals surface area contributed by atoms with E-state index in [4.69, 9.17) is 23.2 Å². The molecule has 5 heteroatoms. The Bertz CT molecular complexity index is 644. The molecule has 5 rings (SSSR count). The summed E-state index contributed by atoms with van der Waals surface area (Å²) in [6.07, 6.45) is 2.57. The van der Waals surface area contributed by atoms with Crippen molar-refractivity contribution in [3.8, 4) is 0 Å². The van der Waals surface area contributed by atoms with E-state index >= 15 is 0 Å². The predicted molar refractivity (Wildman–Crippen MR) is 82.5 cm³/mol. The molecule has 1 aromatic carbocycles. The monoisotopic (exact) mass is 309 g/mol. The second-order valence-electron chi connectivity index (χ2n) is 5.84. The third kappa shape index (κ3) is 1.87. The quantitative estimate of drug-likeness (QED) is 0.789. The number of hydrogen-bond acceptors (Lipinski definition) is 2. The molecule has 2 aromatic rings. The predicted octanol–water partition coefficient (Wildman–Crippen LogP) is 3.70. The van der Waals surface area contributed by atoms with E-state index in [2.05, 4.69) is 20.5 Å². The Morgan fingerprint density at radius 2 is 2.05 bits per heavy atom. The Kier molecular flexibility index (Phi) is 3.17. The molecule has 1 atom stereocenters. The van der Waals surface area contributed by atoms with Crippen molar-refractivity contribution in [2.24, 2.45) is 5.92 Å². The average molecular weight is 310 g/mol. The van der Waals surface area contributed by atoms with Crippen molar-refractivity contribution >= 4 is 34.2 Å². The number of imidazole rings is 1. The Hall–Kier alpha value is -0.770. The molecule has 3 nitrogen and oxygen atoms in total. The molecule has 0 spiro atoms. The van der Waals surface area contributed by atoms with E-state index in [-0.39, 0.29) is 0 Å². The van der Waals surface area contributed by atoms with Gasteiger partial charge < -0.3 is 9.47 Å². The number of fused-ring (bicyclic) bond motifs is 4. The fraction of sp³-hybridized carbons (Fsp3) is 0.533. The first-order valence-electron chi connectivity index (χ1n) is 7.21. The summed E-state index contributed by atoms with van der Waals surface area (Å²) >= 11 is 12.4. The molecule has 0 amide bonds. The van der Waals surface area contributed by atoms with Crippen molar-refractivity contribution in [1.82, 2.24) is 14.5 Å². The topological polar surface area (TPSA) is 21.1 Å². The first-order chi connectivity index (χ1) is 9.78. The van der Waals surface area contributed by atoms with Crippen LogP contribution in [0.25, 0.3) is 11.0 Å². The molecule has 3 aliphatic heterocycles. The maximum Gasteiger partial charge on any atom is 0.125 e. The van der Waals surface area contributed by atoms with Crippen LogP contribution in [0.5, 0.6) is 0 Å². The molecule has 3 fully saturated rings. The van der Waals surface area contributed by atoms with E-state index in [1.54, 1.807) is 0 Å². The molecule has 4 heterocycles. The number of nitrogens with zero attached hydrogens (tertiary/aromatic N) is 3. The summed E-state index contributed by atoms with van der Waals surface area (Å²) in [4.78, 5) is 7.22. The summed E-state index contributed by atoms with van der Waals surface area (Å²) in [5.41, 5.74) is 2.02. The lowest BCUT2D eigenvalue weighted by atomic mass is 9.83. The molecule has 0 aliphatic carbocycles. The van der Waals surface area contributed by atoms with Gasteiger partial charge in [-0.1, -0.05) is 17.7 Å². The van der Waals surface area contributed by atoms with Crippen LogP contribution in [0, 0.1) is 5.92 Å². The van der Waals surface area contributed by atoms with Gasteiger partial charge in [0.05, 0.1) is 22.5 Å². The first-order valence-corrected chi connectivity index (χ1v) is 8.13. The van der Waals surface area contributed by atoms with Gasteiger partial charge in [0, 0.05) is 6.54 Å². The number of rotatable bonds is 2. The van der Waals surface area contributed by atoms with Crippen molar-refractivity contribution in [2.75, 3.05) is 19.6 Å². The molecular weight excluding hydrogens is 293 g/mol. The van der Waals surface area contributed by atoms with E-state index in [9.17, 15) is 0 Å². The first kappa shape index (κ1) is 12.9. The molecule has 106 valence electrons. The Balaban J connectivity index is 1.88. The maximum absolute atomic E-state index is 6.29. The average Bonchev–Trinajstić information content (AvgIpc) is 2.88. The molecule has 3 saturated heterocycles. The van der Waals surface area contributed by atoms with Crippen LogP contribution in [0.3, 0.4) is 0 Å². The van der Waals surface area contributed by atoms with Crippen LogP contribution < -0.4 is 0 Å². The van der Waals surface area contributed by atoms with Crippen molar-refractivity contribution < 1.29 is 0 Å². The summed E-state index contributed by atoms with van der Waals surface area (Å²) in [6.45, 7) is 3.60. The van der Waals surface area contributed by atoms with Crippen molar-refractivity contribution in [1.29, 1.82) is 0 Å². The molecule has 1 unspecified atom stereocenters. The van der Waals surface area contributed by atoms with Gasteiger partial charge >= 0.3 is 0 Å². The summed E-state index contributed by atoms with van der Waals surface area (Å²) < 4.78 is 2.35. The second kappa shape index (κ2) is 4.90. The largest absolute Gasteiger partial charge is 0.322 e. The van der Waals surface area contributed by atoms with E-state index in [1.165, 1.54) is 25.9 Å². The zero-order valence-electron chi connectivity index (χ0n) is 11.2. The number of aromatic nitrogens is 2. The minimum absolute atomic E-state index is 0.439. The van der Waals surface area contributed by atoms with Crippen LogP contribution in [0.15, 0.2) is 18.2 Å². The number of piperidine rings is 3. The molecule has 0 N–H and O–H groups in total. The second-order valence-corrected chi connectivity index (χ2v) is 6.52. The van der Waals surface area contributed by atoms with Gasteiger partial charge in [-0.3, -0.25) is 0 Å². The zero-order chi connectivity index (χ0) is 13.7. The standard InChI is InChI=1S/C15H17Cl2N3/c16-8-14-18-15-11(17)2-1-3-12(15)20(14)13-9-19-6-4-10(13)5-7-19/h1-3,10,13H,4-9H2. The zero-order valence-corrected chi connectivity index (χ0v) is 12.7. The van der Waals surface area contributed by atoms with Gasteiger partial charge in [-0.05, 0) is 44.0 Å². The van der Waals surface area contributed by atoms with Crippen molar-refractivity contribution in [2.45, 2.75) is 24.8 Å². The number of halogens is 2. The summed E-state index contributed by atoms with van der Waals surface area (Å²) in [6, 6.07) is 6.51. The lowest BCUT2D eigenvalue weighted by molar-refractivity contribution is 0.0578. The van der Waals surface area contributed by atoms with Crippen LogP contribution in [-0.2, 0) is 5.88 Å². The van der Waals surface area contributed by atoms with E-state index in [0.29, 0.717) is 16.9 Å². The Morgan fingerprint density at radius 3 is 2.70 bits per heavy atom. The van der Waals surface area contributed by atoms with E-state index < -0.39 is 0 Å². The molecular formula is C15H17Cl2N3. The smallest absolute Gasteiger partial charge is 0.125 e. The van der Waals surface area contributed by atoms with Gasteiger partial charge in [-0.2, -0.15) is 0 Å². The molecule has 0 radical (unpaired) electrons. The van der Waals surface area contributed by atoms with Gasteiger partial charge in [0.2, 0.25) is 0 Å². The minimum Gasteiger partial charge on any atom is -0.322 e. The van der Waals surface area contributed by atoms with Gasteiger partial charge in [-0.25, -0.2) is 4.98 Å². The third-order valence-corrected chi connectivity index (χ3v) is 5.36. The van der Waals surface area contributed by atoms with Crippen LogP contribution >= 0.6 is 23.2 Å². The molecule has 3 aliphatic rings. The highest BCUT2D eigenvalue weighted by Crippen LogP contribution is 2.39. The summed E-state index contributed by atoms with van der Waals surface area (Å²) in [5, 5.41) is 0.717. The molecule has 0 saturated carbocycles. The van der Waals surface area contributed by atoms with Gasteiger partial charge in [-0.15, -0.1) is 11.6 Å². The highest BCUT2D eigenvalue weighted by Gasteiger charge is 2.36. The highest BCUT2D eigenvalue weighted by molar-refractivity contribution is 6.35. The summed E-state index contributed by atoms with van der Waals surface area (Å²) in [7, 11) is 0. The van der Waals surface area contributed by atoms with E-state index in [0.717, 1.165) is 29.3 Å². The Morgan fingerprint density at radius 1 is 1.25 bits per heavy atom. The minimum atomic E-state index is 0.439. The Labute approximate surface area is 128 Å². The van der Waals surface area contributed by atoms with Gasteiger partial charge in [0.15, 0.2) is 0 Å². The normalized spacial score (nSPS) is 29.2. The van der Waals surface area contributed by atoms with E-state index in [1.807, 2.05) is 12.1 Å². The third-order valence-electron chi connectivity index (χ3n) is 4.82. The number of hydrogen-bond donors (Lipinski definition) is 0. The van der Waals surface area contributed by atoms with Crippen molar-refractivity contribution in [3.63, 3.8) is 0 Å². The van der Waals surface area contributed by atoms with Gasteiger partial charge in [0.1, 0.15) is 11.3 Å². The molecule has 20 heavy (non-hydrogen) atoms. The number of benzene rings is 1. The molecule has 2 bridgehead atoms. The van der Waals surface area contributed by atoms with Crippen molar-refractivity contribution in [3.05, 3.63) is 29.0 Å². The lowest BCUT2D eigenvalue weighted by Gasteiger charge is -2.45. The fourth-order valence-corrected chi connectivity index (χ4v) is 4.22. The maximum atomic E-state index is 6.29. The highest BCUT2D eigenvalue weighted by atomic mass is 35.5. The number of para-hydroxylation sites is 1. The SMILES string of the molecule is ClCc1nc2c(Cl)cccc2n1C1CN2CCC1CC2. The molecule has 1 aromatic heterocycles. The van der Waals surface area contributed by atoms with Crippen LogP contribution in [0.2, 0.25) is 5.02 Å². The van der Waals surface area contributed by atoms with Crippen LogP contribution in [0.1, 0.15) is 24.7 Å². The fourth-order valence-electron chi connectivity index (χ4n) is 3.82. The summed E-state index contributed by atoms with van der Waals surface area (Å²) in [5.74, 6) is 2.14.